The summed E-state index contributed by atoms with van der Waals surface area (Å²) in [5.74, 6) is 0.354. The quantitative estimate of drug-likeness (QED) is 0.231. The number of anilines is 1. The Morgan fingerprint density at radius 1 is 1.04 bits per heavy atom. The first kappa shape index (κ1) is 31.2. The normalized spacial score (nSPS) is 17.8. The molecule has 1 unspecified atom stereocenters. The number of pyridine rings is 1. The van der Waals surface area contributed by atoms with E-state index in [2.05, 4.69) is 42.2 Å². The lowest BCUT2D eigenvalue weighted by molar-refractivity contribution is -0.164. The molecule has 1 saturated heterocycles. The molecule has 4 aromatic rings. The minimum atomic E-state index is -0.965. The molecule has 0 saturated carbocycles. The highest BCUT2D eigenvalue weighted by molar-refractivity contribution is 5.81. The molecule has 9 heteroatoms. The standard InChI is InChI=1S/C36H45N5O4/c1-24-31(32(34(42)43-6)45-35(2,3)4)33-40-19-16-36(5,17-20-40)44-21-9-7-8-15-28-27(14-11-18-37-28)25-12-10-13-26(22-25)29-23-30(38-24)41(33)39-29/h10-14,18,22-23,32H,7-9,15-17,19-21H2,1-6H3. The summed E-state index contributed by atoms with van der Waals surface area (Å²) in [6, 6.07) is 14.7. The fourth-order valence-electron chi connectivity index (χ4n) is 6.52. The summed E-state index contributed by atoms with van der Waals surface area (Å²) in [7, 11) is 1.40. The molecule has 1 aromatic carbocycles. The molecule has 1 atom stereocenters. The van der Waals surface area contributed by atoms with E-state index in [9.17, 15) is 4.79 Å². The Hall–Kier alpha value is -3.82. The Labute approximate surface area is 265 Å². The van der Waals surface area contributed by atoms with Gasteiger partial charge in [0.15, 0.2) is 11.8 Å². The summed E-state index contributed by atoms with van der Waals surface area (Å²) < 4.78 is 20.1. The molecule has 7 rings (SSSR count). The van der Waals surface area contributed by atoms with Gasteiger partial charge in [-0.15, -0.1) is 0 Å². The van der Waals surface area contributed by atoms with E-state index in [1.54, 1.807) is 0 Å². The zero-order valence-electron chi connectivity index (χ0n) is 27.4. The van der Waals surface area contributed by atoms with Crippen LogP contribution in [0.4, 0.5) is 5.82 Å². The van der Waals surface area contributed by atoms with Crippen LogP contribution in [0.1, 0.15) is 82.9 Å². The van der Waals surface area contributed by atoms with Crippen molar-refractivity contribution in [2.75, 3.05) is 31.7 Å². The van der Waals surface area contributed by atoms with Crippen molar-refractivity contribution in [1.29, 1.82) is 0 Å². The molecule has 0 spiro atoms. The van der Waals surface area contributed by atoms with E-state index in [-0.39, 0.29) is 5.60 Å². The van der Waals surface area contributed by atoms with Gasteiger partial charge in [0.1, 0.15) is 5.82 Å². The predicted octanol–water partition coefficient (Wildman–Crippen LogP) is 6.90. The van der Waals surface area contributed by atoms with Gasteiger partial charge in [0.2, 0.25) is 0 Å². The fourth-order valence-corrected chi connectivity index (χ4v) is 6.52. The summed E-state index contributed by atoms with van der Waals surface area (Å²) in [6.07, 6.45) is 6.73. The van der Waals surface area contributed by atoms with Crippen molar-refractivity contribution in [3.8, 4) is 22.4 Å². The van der Waals surface area contributed by atoms with Crippen LogP contribution in [0.15, 0.2) is 48.7 Å². The van der Waals surface area contributed by atoms with Crippen molar-refractivity contribution < 1.29 is 19.0 Å². The van der Waals surface area contributed by atoms with Crippen LogP contribution in [0.25, 0.3) is 28.0 Å². The second kappa shape index (κ2) is 12.5. The van der Waals surface area contributed by atoms with Crippen LogP contribution in [0.2, 0.25) is 0 Å². The number of ether oxygens (including phenoxy) is 3. The van der Waals surface area contributed by atoms with Gasteiger partial charge >= 0.3 is 5.97 Å². The molecule has 0 aliphatic carbocycles. The van der Waals surface area contributed by atoms with Gasteiger partial charge in [-0.1, -0.05) is 30.7 Å². The average Bonchev–Trinajstić information content (AvgIpc) is 3.44. The van der Waals surface area contributed by atoms with Crippen molar-refractivity contribution in [1.82, 2.24) is 19.6 Å². The molecule has 6 bridgehead atoms. The van der Waals surface area contributed by atoms with E-state index < -0.39 is 17.7 Å². The van der Waals surface area contributed by atoms with Crippen molar-refractivity contribution in [2.45, 2.75) is 90.4 Å². The Morgan fingerprint density at radius 3 is 2.58 bits per heavy atom. The van der Waals surface area contributed by atoms with Gasteiger partial charge in [0, 0.05) is 54.5 Å². The molecule has 0 N–H and O–H groups in total. The van der Waals surface area contributed by atoms with Crippen LogP contribution in [-0.4, -0.2) is 63.6 Å². The maximum Gasteiger partial charge on any atom is 0.339 e. The third kappa shape index (κ3) is 6.60. The van der Waals surface area contributed by atoms with Crippen LogP contribution >= 0.6 is 0 Å². The summed E-state index contributed by atoms with van der Waals surface area (Å²) in [5.41, 5.74) is 6.46. The number of aryl methyl sites for hydroxylation is 2. The maximum atomic E-state index is 13.3. The minimum absolute atomic E-state index is 0.215. The Kier molecular flexibility index (Phi) is 8.68. The van der Waals surface area contributed by atoms with Gasteiger partial charge in [-0.2, -0.15) is 9.61 Å². The number of hydrogen-bond donors (Lipinski definition) is 0. The first-order chi connectivity index (χ1) is 21.5. The molecule has 9 nitrogen and oxygen atoms in total. The summed E-state index contributed by atoms with van der Waals surface area (Å²) in [4.78, 5) is 25.4. The molecule has 0 amide bonds. The number of carbonyl (C=O) groups excluding carboxylic acids is 1. The van der Waals surface area contributed by atoms with Crippen molar-refractivity contribution in [2.24, 2.45) is 0 Å². The number of rotatable bonds is 3. The van der Waals surface area contributed by atoms with Crippen LogP contribution in [-0.2, 0) is 25.4 Å². The average molecular weight is 612 g/mol. The van der Waals surface area contributed by atoms with E-state index in [1.165, 1.54) is 7.11 Å². The molecule has 3 aliphatic rings. The lowest BCUT2D eigenvalue weighted by Crippen LogP contribution is -2.46. The third-order valence-electron chi connectivity index (χ3n) is 8.94. The number of hydrogen-bond acceptors (Lipinski definition) is 8. The zero-order chi connectivity index (χ0) is 31.8. The number of benzene rings is 1. The number of methoxy groups -OCH3 is 1. The minimum Gasteiger partial charge on any atom is -0.467 e. The zero-order valence-corrected chi connectivity index (χ0v) is 27.4. The van der Waals surface area contributed by atoms with Gasteiger partial charge < -0.3 is 19.1 Å². The number of piperidine rings is 1. The molecule has 1 fully saturated rings. The molecular formula is C36H45N5O4. The van der Waals surface area contributed by atoms with Crippen molar-refractivity contribution in [3.63, 3.8) is 0 Å². The molecule has 0 radical (unpaired) electrons. The Bertz CT molecular complexity index is 1680. The van der Waals surface area contributed by atoms with Crippen LogP contribution in [0, 0.1) is 6.92 Å². The van der Waals surface area contributed by atoms with Gasteiger partial charge in [0.25, 0.3) is 0 Å². The highest BCUT2D eigenvalue weighted by atomic mass is 16.6. The monoisotopic (exact) mass is 611 g/mol. The predicted molar refractivity (Wildman–Crippen MR) is 175 cm³/mol. The molecule has 6 heterocycles. The molecule has 45 heavy (non-hydrogen) atoms. The molecule has 238 valence electrons. The van der Waals surface area contributed by atoms with Gasteiger partial charge in [-0.3, -0.25) is 4.98 Å². The van der Waals surface area contributed by atoms with E-state index in [4.69, 9.17) is 29.3 Å². The van der Waals surface area contributed by atoms with Gasteiger partial charge in [-0.25, -0.2) is 9.78 Å². The molecular weight excluding hydrogens is 566 g/mol. The van der Waals surface area contributed by atoms with E-state index >= 15 is 0 Å². The molecule has 3 aliphatic heterocycles. The topological polar surface area (TPSA) is 91.1 Å². The van der Waals surface area contributed by atoms with Crippen molar-refractivity contribution in [3.05, 3.63) is 65.6 Å². The Morgan fingerprint density at radius 2 is 1.82 bits per heavy atom. The number of fused-ring (bicyclic) bond motifs is 7. The second-order valence-electron chi connectivity index (χ2n) is 13.5. The fraction of sp³-hybridized carbons (Fsp3) is 0.500. The van der Waals surface area contributed by atoms with Crippen LogP contribution < -0.4 is 4.90 Å². The van der Waals surface area contributed by atoms with E-state index in [1.807, 2.05) is 50.5 Å². The Balaban J connectivity index is 1.54. The summed E-state index contributed by atoms with van der Waals surface area (Å²) >= 11 is 0. The number of aromatic nitrogens is 4. The van der Waals surface area contributed by atoms with Gasteiger partial charge in [-0.05, 0) is 84.4 Å². The third-order valence-corrected chi connectivity index (χ3v) is 8.94. The number of esters is 1. The number of carbonyl (C=O) groups is 1. The van der Waals surface area contributed by atoms with E-state index in [0.29, 0.717) is 16.9 Å². The first-order valence-electron chi connectivity index (χ1n) is 16.1. The van der Waals surface area contributed by atoms with Crippen LogP contribution in [0.5, 0.6) is 0 Å². The smallest absolute Gasteiger partial charge is 0.339 e. The summed E-state index contributed by atoms with van der Waals surface area (Å²) in [6.45, 7) is 12.2. The summed E-state index contributed by atoms with van der Waals surface area (Å²) in [5, 5.41) is 5.16. The van der Waals surface area contributed by atoms with Crippen LogP contribution in [0.3, 0.4) is 0 Å². The lowest BCUT2D eigenvalue weighted by atomic mass is 9.92. The lowest BCUT2D eigenvalue weighted by Gasteiger charge is -2.41. The first-order valence-corrected chi connectivity index (χ1v) is 16.1. The molecule has 3 aromatic heterocycles. The maximum absolute atomic E-state index is 13.3. The highest BCUT2D eigenvalue weighted by Gasteiger charge is 2.38. The van der Waals surface area contributed by atoms with E-state index in [0.717, 1.165) is 92.1 Å². The van der Waals surface area contributed by atoms with Gasteiger partial charge in [0.05, 0.1) is 29.6 Å². The second-order valence-corrected chi connectivity index (χ2v) is 13.5. The van der Waals surface area contributed by atoms with Crippen molar-refractivity contribution >= 4 is 17.4 Å². The SMILES string of the molecule is COC(=O)C(OC(C)(C)C)c1c(C)nc2cc3nn2c1N1CCC(C)(CC1)OCCCCCc1ncccc1-c1cccc-3c1. The largest absolute Gasteiger partial charge is 0.467 e. The number of nitrogens with zero attached hydrogens (tertiary/aromatic N) is 5. The highest BCUT2D eigenvalue weighted by Crippen LogP contribution is 2.39.